The van der Waals surface area contributed by atoms with Crippen LogP contribution in [0.1, 0.15) is 23.4 Å². The lowest BCUT2D eigenvalue weighted by Crippen LogP contribution is -2.37. The smallest absolute Gasteiger partial charge is 0.191 e. The van der Waals surface area contributed by atoms with Gasteiger partial charge in [0.25, 0.3) is 0 Å². The number of halogens is 1. The third-order valence-corrected chi connectivity index (χ3v) is 4.31. The van der Waals surface area contributed by atoms with Gasteiger partial charge < -0.3 is 10.6 Å². The highest BCUT2D eigenvalue weighted by atomic mass is 127. The highest BCUT2D eigenvalue weighted by Gasteiger charge is 2.09. The number of nitrogens with one attached hydrogen (secondary N) is 2. The zero-order valence-corrected chi connectivity index (χ0v) is 18.9. The number of rotatable bonds is 7. The number of aliphatic imine (C=N–C) groups is 1. The molecule has 0 spiro atoms. The Balaban J connectivity index is 0.00000280. The molecule has 0 aliphatic rings. The molecular formula is C20H28IN7. The van der Waals surface area contributed by atoms with Crippen LogP contribution in [-0.2, 0) is 13.1 Å². The fourth-order valence-electron chi connectivity index (χ4n) is 3.02. The van der Waals surface area contributed by atoms with Gasteiger partial charge in [-0.15, -0.1) is 24.0 Å². The molecule has 28 heavy (non-hydrogen) atoms. The Morgan fingerprint density at radius 1 is 1.14 bits per heavy atom. The molecule has 3 rings (SSSR count). The zero-order chi connectivity index (χ0) is 19.1. The lowest BCUT2D eigenvalue weighted by molar-refractivity contribution is 0.570. The summed E-state index contributed by atoms with van der Waals surface area (Å²) >= 11 is 0. The van der Waals surface area contributed by atoms with E-state index in [1.54, 1.807) is 13.2 Å². The second-order valence-electron chi connectivity index (χ2n) is 6.44. The van der Waals surface area contributed by atoms with Crippen molar-refractivity contribution in [1.82, 2.24) is 30.2 Å². The van der Waals surface area contributed by atoms with Crippen LogP contribution in [0.25, 0.3) is 5.69 Å². The lowest BCUT2D eigenvalue weighted by Gasteiger charge is -2.15. The van der Waals surface area contributed by atoms with E-state index in [1.807, 2.05) is 40.7 Å². The number of aromatic nitrogens is 4. The van der Waals surface area contributed by atoms with Crippen LogP contribution in [0.3, 0.4) is 0 Å². The normalized spacial score (nSPS) is 11.2. The Hall–Kier alpha value is -2.36. The molecule has 2 aromatic heterocycles. The van der Waals surface area contributed by atoms with Gasteiger partial charge >= 0.3 is 0 Å². The predicted octanol–water partition coefficient (Wildman–Crippen LogP) is 3.06. The van der Waals surface area contributed by atoms with Crippen molar-refractivity contribution >= 4 is 29.9 Å². The number of benzene rings is 1. The van der Waals surface area contributed by atoms with Gasteiger partial charge in [0.1, 0.15) is 0 Å². The molecule has 0 unspecified atom stereocenters. The molecule has 2 N–H and O–H groups in total. The van der Waals surface area contributed by atoms with E-state index in [-0.39, 0.29) is 24.0 Å². The van der Waals surface area contributed by atoms with Crippen molar-refractivity contribution in [3.63, 3.8) is 0 Å². The molecule has 0 aliphatic heterocycles. The van der Waals surface area contributed by atoms with Crippen LogP contribution in [0.5, 0.6) is 0 Å². The topological polar surface area (TPSA) is 72.1 Å². The number of aryl methyl sites for hydroxylation is 3. The zero-order valence-electron chi connectivity index (χ0n) is 16.6. The average molecular weight is 493 g/mol. The van der Waals surface area contributed by atoms with E-state index in [0.717, 1.165) is 42.5 Å². The standard InChI is InChI=1S/C20H27N7.HI/c1-16-14-17(2)27(25-16)19-9-5-4-8-18(19)15-23-20(21-3)22-10-6-12-26-13-7-11-24-26;/h4-5,7-9,11,13-14H,6,10,12,15H2,1-3H3,(H2,21,22,23);1H. The first-order valence-corrected chi connectivity index (χ1v) is 9.21. The Kier molecular flexibility index (Phi) is 8.49. The molecule has 0 radical (unpaired) electrons. The van der Waals surface area contributed by atoms with Gasteiger partial charge in [-0.3, -0.25) is 9.67 Å². The van der Waals surface area contributed by atoms with Crippen molar-refractivity contribution in [3.8, 4) is 5.69 Å². The molecule has 8 heteroatoms. The molecule has 0 bridgehead atoms. The third kappa shape index (κ3) is 5.82. The van der Waals surface area contributed by atoms with Crippen LogP contribution in [0.15, 0.2) is 53.8 Å². The molecule has 0 atom stereocenters. The van der Waals surface area contributed by atoms with Crippen molar-refractivity contribution < 1.29 is 0 Å². The molecule has 0 aliphatic carbocycles. The molecule has 3 aromatic rings. The summed E-state index contributed by atoms with van der Waals surface area (Å²) in [4.78, 5) is 4.31. The van der Waals surface area contributed by atoms with Gasteiger partial charge in [-0.25, -0.2) is 4.68 Å². The molecule has 1 aromatic carbocycles. The van der Waals surface area contributed by atoms with Crippen LogP contribution < -0.4 is 10.6 Å². The maximum absolute atomic E-state index is 4.61. The SMILES string of the molecule is CN=C(NCCCn1cccn1)NCc1ccccc1-n1nc(C)cc1C.I. The van der Waals surface area contributed by atoms with Crippen molar-refractivity contribution in [3.05, 3.63) is 65.7 Å². The van der Waals surface area contributed by atoms with Gasteiger partial charge in [0.2, 0.25) is 0 Å². The third-order valence-electron chi connectivity index (χ3n) is 4.31. The highest BCUT2D eigenvalue weighted by Crippen LogP contribution is 2.16. The fraction of sp³-hybridized carbons (Fsp3) is 0.350. The molecule has 2 heterocycles. The Morgan fingerprint density at radius 3 is 2.64 bits per heavy atom. The van der Waals surface area contributed by atoms with Gasteiger partial charge in [-0.05, 0) is 44.0 Å². The van der Waals surface area contributed by atoms with Crippen LogP contribution in [-0.4, -0.2) is 39.1 Å². The van der Waals surface area contributed by atoms with Crippen molar-refractivity contribution in [2.45, 2.75) is 33.4 Å². The first-order valence-electron chi connectivity index (χ1n) is 9.21. The van der Waals surface area contributed by atoms with E-state index in [9.17, 15) is 0 Å². The minimum absolute atomic E-state index is 0. The minimum Gasteiger partial charge on any atom is -0.356 e. The monoisotopic (exact) mass is 493 g/mol. The Morgan fingerprint density at radius 2 is 1.96 bits per heavy atom. The molecule has 0 amide bonds. The van der Waals surface area contributed by atoms with Crippen LogP contribution in [0.2, 0.25) is 0 Å². The maximum atomic E-state index is 4.61. The van der Waals surface area contributed by atoms with E-state index >= 15 is 0 Å². The van der Waals surface area contributed by atoms with E-state index in [0.29, 0.717) is 6.54 Å². The minimum atomic E-state index is 0. The van der Waals surface area contributed by atoms with Crippen molar-refractivity contribution in [2.24, 2.45) is 4.99 Å². The van der Waals surface area contributed by atoms with Crippen molar-refractivity contribution in [2.75, 3.05) is 13.6 Å². The van der Waals surface area contributed by atoms with Gasteiger partial charge in [0.15, 0.2) is 5.96 Å². The van der Waals surface area contributed by atoms with Crippen LogP contribution in [0, 0.1) is 13.8 Å². The molecule has 0 fully saturated rings. The Labute approximate surface area is 183 Å². The van der Waals surface area contributed by atoms with Crippen molar-refractivity contribution in [1.29, 1.82) is 0 Å². The number of guanidine groups is 1. The summed E-state index contributed by atoms with van der Waals surface area (Å²) in [5.41, 5.74) is 4.40. The number of para-hydroxylation sites is 1. The summed E-state index contributed by atoms with van der Waals surface area (Å²) in [5.74, 6) is 0.790. The lowest BCUT2D eigenvalue weighted by atomic mass is 10.1. The second kappa shape index (κ2) is 10.8. The summed E-state index contributed by atoms with van der Waals surface area (Å²) in [5, 5.41) is 15.6. The molecule has 0 saturated heterocycles. The number of hydrogen-bond donors (Lipinski definition) is 2. The summed E-state index contributed by atoms with van der Waals surface area (Å²) in [6, 6.07) is 12.3. The summed E-state index contributed by atoms with van der Waals surface area (Å²) in [6.07, 6.45) is 4.75. The van der Waals surface area contributed by atoms with Gasteiger partial charge in [-0.1, -0.05) is 18.2 Å². The fourth-order valence-corrected chi connectivity index (χ4v) is 3.02. The second-order valence-corrected chi connectivity index (χ2v) is 6.44. The van der Waals surface area contributed by atoms with Crippen LogP contribution >= 0.6 is 24.0 Å². The quantitative estimate of drug-likeness (QED) is 0.230. The van der Waals surface area contributed by atoms with E-state index in [2.05, 4.69) is 50.9 Å². The van der Waals surface area contributed by atoms with Gasteiger partial charge in [0.05, 0.1) is 11.4 Å². The number of nitrogens with zero attached hydrogens (tertiary/aromatic N) is 5. The van der Waals surface area contributed by atoms with E-state index < -0.39 is 0 Å². The summed E-state index contributed by atoms with van der Waals surface area (Å²) in [7, 11) is 1.79. The largest absolute Gasteiger partial charge is 0.356 e. The summed E-state index contributed by atoms with van der Waals surface area (Å²) in [6.45, 7) is 6.48. The van der Waals surface area contributed by atoms with Gasteiger partial charge in [-0.2, -0.15) is 10.2 Å². The molecular weight excluding hydrogens is 465 g/mol. The first-order chi connectivity index (χ1) is 13.2. The molecule has 7 nitrogen and oxygen atoms in total. The number of hydrogen-bond acceptors (Lipinski definition) is 3. The highest BCUT2D eigenvalue weighted by molar-refractivity contribution is 14.0. The molecule has 0 saturated carbocycles. The average Bonchev–Trinajstić information content (AvgIpc) is 3.30. The summed E-state index contributed by atoms with van der Waals surface area (Å²) < 4.78 is 3.93. The van der Waals surface area contributed by atoms with Crippen LogP contribution in [0.4, 0.5) is 0 Å². The van der Waals surface area contributed by atoms with Gasteiger partial charge in [0, 0.05) is 44.8 Å². The maximum Gasteiger partial charge on any atom is 0.191 e. The first kappa shape index (κ1) is 21.9. The molecule has 150 valence electrons. The predicted molar refractivity (Wildman–Crippen MR) is 123 cm³/mol. The van der Waals surface area contributed by atoms with E-state index in [1.165, 1.54) is 5.56 Å². The van der Waals surface area contributed by atoms with E-state index in [4.69, 9.17) is 0 Å². The Bertz CT molecular complexity index is 884.